The minimum Gasteiger partial charge on any atom is -0.355 e. The molecular weight excluding hydrogens is 429 g/mol. The van der Waals surface area contributed by atoms with Crippen molar-refractivity contribution in [3.8, 4) is 0 Å². The van der Waals surface area contributed by atoms with Crippen molar-refractivity contribution < 1.29 is 0 Å². The van der Waals surface area contributed by atoms with Crippen LogP contribution in [0.5, 0.6) is 0 Å². The maximum absolute atomic E-state index is 4.31. The Morgan fingerprint density at radius 3 is 2.44 bits per heavy atom. The molecule has 7 nitrogen and oxygen atoms in total. The van der Waals surface area contributed by atoms with E-state index in [2.05, 4.69) is 58.3 Å². The van der Waals surface area contributed by atoms with Crippen LogP contribution in [0.1, 0.15) is 39.9 Å². The van der Waals surface area contributed by atoms with Crippen molar-refractivity contribution in [3.63, 3.8) is 0 Å². The molecule has 1 aliphatic heterocycles. The van der Waals surface area contributed by atoms with Crippen LogP contribution < -0.4 is 10.6 Å². The Balaban J connectivity index is 0.00000312. The Morgan fingerprint density at radius 2 is 1.92 bits per heavy atom. The second kappa shape index (κ2) is 9.70. The maximum atomic E-state index is 4.31. The van der Waals surface area contributed by atoms with Gasteiger partial charge in [-0.1, -0.05) is 13.8 Å². The molecule has 1 aliphatic rings. The van der Waals surface area contributed by atoms with Crippen molar-refractivity contribution in [1.29, 1.82) is 0 Å². The van der Waals surface area contributed by atoms with Gasteiger partial charge in [0.2, 0.25) is 0 Å². The molecule has 2 unspecified atom stereocenters. The lowest BCUT2D eigenvalue weighted by atomic mass is 9.88. The summed E-state index contributed by atoms with van der Waals surface area (Å²) in [4.78, 5) is 11.1. The van der Waals surface area contributed by atoms with E-state index in [9.17, 15) is 0 Å². The van der Waals surface area contributed by atoms with Gasteiger partial charge in [0.1, 0.15) is 12.2 Å². The average molecular weight is 463 g/mol. The smallest absolute Gasteiger partial charge is 0.191 e. The Hall–Kier alpha value is -0.900. The monoisotopic (exact) mass is 463 g/mol. The molecule has 0 bridgehead atoms. The number of nitrogens with one attached hydrogen (secondary N) is 2. The lowest BCUT2D eigenvalue weighted by molar-refractivity contribution is 0.0483. The van der Waals surface area contributed by atoms with Crippen LogP contribution in [0, 0.1) is 11.8 Å². The third kappa shape index (κ3) is 6.40. The zero-order chi connectivity index (χ0) is 17.7. The molecule has 2 rings (SSSR count). The molecule has 25 heavy (non-hydrogen) atoms. The minimum absolute atomic E-state index is 0. The summed E-state index contributed by atoms with van der Waals surface area (Å²) in [5, 5.41) is 10.8. The van der Waals surface area contributed by atoms with E-state index in [1.807, 2.05) is 7.05 Å². The number of guanidine groups is 1. The minimum atomic E-state index is 0. The van der Waals surface area contributed by atoms with E-state index in [1.165, 1.54) is 19.5 Å². The van der Waals surface area contributed by atoms with Crippen LogP contribution in [-0.2, 0) is 13.6 Å². The van der Waals surface area contributed by atoms with Crippen molar-refractivity contribution in [3.05, 3.63) is 12.2 Å². The summed E-state index contributed by atoms with van der Waals surface area (Å²) in [5.74, 6) is 3.21. The number of halogens is 1. The Bertz CT molecular complexity index is 545. The fourth-order valence-electron chi connectivity index (χ4n) is 3.43. The molecule has 0 spiro atoms. The third-order valence-electron chi connectivity index (χ3n) is 4.86. The molecule has 0 aromatic carbocycles. The summed E-state index contributed by atoms with van der Waals surface area (Å²) < 4.78 is 1.76. The van der Waals surface area contributed by atoms with Gasteiger partial charge in [0.25, 0.3) is 0 Å². The normalized spacial score (nSPS) is 22.4. The first-order chi connectivity index (χ1) is 11.3. The number of aromatic nitrogens is 3. The molecule has 144 valence electrons. The number of piperidine rings is 1. The lowest BCUT2D eigenvalue weighted by Gasteiger charge is -2.45. The van der Waals surface area contributed by atoms with E-state index in [0.717, 1.165) is 30.2 Å². The number of aliphatic imine (C=N–C) groups is 1. The summed E-state index contributed by atoms with van der Waals surface area (Å²) in [6.45, 7) is 13.1. The number of hydrogen-bond acceptors (Lipinski definition) is 4. The van der Waals surface area contributed by atoms with E-state index in [-0.39, 0.29) is 29.5 Å². The molecule has 1 aromatic rings. The highest BCUT2D eigenvalue weighted by Crippen LogP contribution is 2.26. The Kier molecular flexibility index (Phi) is 8.59. The number of likely N-dealkylation sites (tertiary alicyclic amines) is 1. The van der Waals surface area contributed by atoms with Crippen LogP contribution in [0.25, 0.3) is 0 Å². The van der Waals surface area contributed by atoms with Crippen LogP contribution in [0.15, 0.2) is 11.3 Å². The first-order valence-corrected chi connectivity index (χ1v) is 8.84. The van der Waals surface area contributed by atoms with Crippen molar-refractivity contribution >= 4 is 29.9 Å². The van der Waals surface area contributed by atoms with E-state index < -0.39 is 0 Å². The van der Waals surface area contributed by atoms with Crippen LogP contribution >= 0.6 is 24.0 Å². The molecule has 8 heteroatoms. The fourth-order valence-corrected chi connectivity index (χ4v) is 3.43. The second-order valence-corrected chi connectivity index (χ2v) is 7.74. The van der Waals surface area contributed by atoms with Gasteiger partial charge < -0.3 is 10.6 Å². The van der Waals surface area contributed by atoms with Gasteiger partial charge in [-0.2, -0.15) is 5.10 Å². The van der Waals surface area contributed by atoms with Crippen molar-refractivity contribution in [2.75, 3.05) is 26.7 Å². The van der Waals surface area contributed by atoms with Gasteiger partial charge in [0.15, 0.2) is 5.96 Å². The molecule has 1 fully saturated rings. The zero-order valence-electron chi connectivity index (χ0n) is 16.4. The van der Waals surface area contributed by atoms with Gasteiger partial charge in [-0.25, -0.2) is 4.98 Å². The quantitative estimate of drug-likeness (QED) is 0.397. The standard InChI is InChI=1S/C17H33N7.HI/c1-13-7-14(2)10-24(9-13)17(3,4)11-20-16(18-5)19-8-15-21-12-22-23(15)6;/h12-14H,7-11H2,1-6H3,(H2,18,19,20);1H. The number of hydrogen-bond donors (Lipinski definition) is 2. The highest BCUT2D eigenvalue weighted by atomic mass is 127. The summed E-state index contributed by atoms with van der Waals surface area (Å²) in [7, 11) is 3.69. The molecule has 0 amide bonds. The highest BCUT2D eigenvalue weighted by molar-refractivity contribution is 14.0. The van der Waals surface area contributed by atoms with Gasteiger partial charge in [-0.3, -0.25) is 14.6 Å². The first kappa shape index (κ1) is 22.1. The first-order valence-electron chi connectivity index (χ1n) is 8.84. The van der Waals surface area contributed by atoms with Crippen LogP contribution in [0.2, 0.25) is 0 Å². The Morgan fingerprint density at radius 1 is 1.28 bits per heavy atom. The number of aryl methyl sites for hydroxylation is 1. The molecule has 0 aliphatic carbocycles. The van der Waals surface area contributed by atoms with Crippen LogP contribution in [-0.4, -0.2) is 57.8 Å². The van der Waals surface area contributed by atoms with Crippen molar-refractivity contribution in [2.24, 2.45) is 23.9 Å². The third-order valence-corrected chi connectivity index (χ3v) is 4.86. The molecule has 1 saturated heterocycles. The highest BCUT2D eigenvalue weighted by Gasteiger charge is 2.32. The van der Waals surface area contributed by atoms with E-state index in [4.69, 9.17) is 0 Å². The largest absolute Gasteiger partial charge is 0.355 e. The molecule has 2 heterocycles. The molecular formula is C17H34IN7. The molecule has 2 N–H and O–H groups in total. The van der Waals surface area contributed by atoms with Crippen molar-refractivity contribution in [1.82, 2.24) is 30.3 Å². The predicted molar refractivity (Wildman–Crippen MR) is 113 cm³/mol. The van der Waals surface area contributed by atoms with Crippen LogP contribution in [0.4, 0.5) is 0 Å². The molecule has 0 saturated carbocycles. The van der Waals surface area contributed by atoms with Gasteiger partial charge in [-0.15, -0.1) is 24.0 Å². The summed E-state index contributed by atoms with van der Waals surface area (Å²) in [6.07, 6.45) is 2.90. The lowest BCUT2D eigenvalue weighted by Crippen LogP contribution is -2.57. The maximum Gasteiger partial charge on any atom is 0.191 e. The summed E-state index contributed by atoms with van der Waals surface area (Å²) >= 11 is 0. The van der Waals surface area contributed by atoms with E-state index in [0.29, 0.717) is 6.54 Å². The van der Waals surface area contributed by atoms with Gasteiger partial charge >= 0.3 is 0 Å². The zero-order valence-corrected chi connectivity index (χ0v) is 18.7. The number of rotatable bonds is 5. The Labute approximate surface area is 169 Å². The summed E-state index contributed by atoms with van der Waals surface area (Å²) in [6, 6.07) is 0. The summed E-state index contributed by atoms with van der Waals surface area (Å²) in [5.41, 5.74) is 0.0886. The van der Waals surface area contributed by atoms with Crippen molar-refractivity contribution in [2.45, 2.75) is 46.2 Å². The SMILES string of the molecule is CN=C(NCc1ncnn1C)NCC(C)(C)N1CC(C)CC(C)C1.I. The second-order valence-electron chi connectivity index (χ2n) is 7.74. The average Bonchev–Trinajstić information content (AvgIpc) is 2.92. The van der Waals surface area contributed by atoms with Gasteiger partial charge in [0, 0.05) is 39.3 Å². The molecule has 2 atom stereocenters. The topological polar surface area (TPSA) is 70.4 Å². The number of nitrogens with zero attached hydrogens (tertiary/aromatic N) is 5. The molecule has 0 radical (unpaired) electrons. The fraction of sp³-hybridized carbons (Fsp3) is 0.824. The van der Waals surface area contributed by atoms with E-state index in [1.54, 1.807) is 18.1 Å². The predicted octanol–water partition coefficient (Wildman–Crippen LogP) is 1.85. The van der Waals surface area contributed by atoms with Gasteiger partial charge in [-0.05, 0) is 32.1 Å². The van der Waals surface area contributed by atoms with E-state index >= 15 is 0 Å². The van der Waals surface area contributed by atoms with Gasteiger partial charge in [0.05, 0.1) is 6.54 Å². The van der Waals surface area contributed by atoms with Crippen LogP contribution in [0.3, 0.4) is 0 Å². The molecule has 1 aromatic heterocycles.